The number of piperazine rings is 1. The number of nitrogens with zero attached hydrogens (tertiary/aromatic N) is 5. The van der Waals surface area contributed by atoms with Crippen LogP contribution in [-0.2, 0) is 0 Å². The van der Waals surface area contributed by atoms with Crippen LogP contribution >= 0.6 is 0 Å². The van der Waals surface area contributed by atoms with Crippen molar-refractivity contribution in [3.63, 3.8) is 0 Å². The van der Waals surface area contributed by atoms with Crippen LogP contribution in [0.15, 0.2) is 48.5 Å². The van der Waals surface area contributed by atoms with E-state index in [9.17, 15) is 4.79 Å². The topological polar surface area (TPSA) is 75.5 Å². The first-order valence-corrected chi connectivity index (χ1v) is 9.97. The molecule has 8 heteroatoms. The molecule has 2 aromatic carbocycles. The summed E-state index contributed by atoms with van der Waals surface area (Å²) in [6, 6.07) is 15.4. The number of anilines is 2. The quantitative estimate of drug-likeness (QED) is 0.702. The maximum absolute atomic E-state index is 12.8. The molecule has 3 aromatic rings. The molecule has 0 spiro atoms. The molecule has 0 bridgehead atoms. The Morgan fingerprint density at radius 2 is 1.77 bits per heavy atom. The van der Waals surface area contributed by atoms with Gasteiger partial charge in [-0.25, -0.2) is 4.68 Å². The molecule has 0 aliphatic carbocycles. The highest BCUT2D eigenvalue weighted by Gasteiger charge is 2.18. The summed E-state index contributed by atoms with van der Waals surface area (Å²) in [6.45, 7) is 5.95. The SMILES string of the molecule is COc1cccc(-n2nnc(C(=O)Nc3ccc(N4CCN(C)CC4)cc3)c2C)c1. The first kappa shape index (κ1) is 19.9. The lowest BCUT2D eigenvalue weighted by Gasteiger charge is -2.34. The Hall–Kier alpha value is -3.39. The second kappa shape index (κ2) is 8.54. The van der Waals surface area contributed by atoms with Crippen LogP contribution in [0.4, 0.5) is 11.4 Å². The van der Waals surface area contributed by atoms with Gasteiger partial charge in [-0.3, -0.25) is 4.79 Å². The third-order valence-electron chi connectivity index (χ3n) is 5.40. The van der Waals surface area contributed by atoms with E-state index >= 15 is 0 Å². The van der Waals surface area contributed by atoms with Crippen LogP contribution < -0.4 is 15.0 Å². The van der Waals surface area contributed by atoms with Crippen LogP contribution in [0.25, 0.3) is 5.69 Å². The van der Waals surface area contributed by atoms with Gasteiger partial charge in [0, 0.05) is 43.6 Å². The predicted molar refractivity (Wildman–Crippen MR) is 117 cm³/mol. The van der Waals surface area contributed by atoms with E-state index in [0.29, 0.717) is 17.1 Å². The molecule has 1 aromatic heterocycles. The highest BCUT2D eigenvalue weighted by molar-refractivity contribution is 6.03. The summed E-state index contributed by atoms with van der Waals surface area (Å²) in [5.41, 5.74) is 3.64. The van der Waals surface area contributed by atoms with E-state index in [1.165, 1.54) is 5.69 Å². The monoisotopic (exact) mass is 406 g/mol. The zero-order chi connectivity index (χ0) is 21.1. The summed E-state index contributed by atoms with van der Waals surface area (Å²) >= 11 is 0. The Labute approximate surface area is 176 Å². The fraction of sp³-hybridized carbons (Fsp3) is 0.318. The van der Waals surface area contributed by atoms with E-state index in [-0.39, 0.29) is 5.91 Å². The lowest BCUT2D eigenvalue weighted by molar-refractivity contribution is 0.102. The number of rotatable bonds is 5. The normalized spacial score (nSPS) is 14.6. The molecular weight excluding hydrogens is 380 g/mol. The van der Waals surface area contributed by atoms with Crippen LogP contribution in [0.2, 0.25) is 0 Å². The number of aromatic nitrogens is 3. The zero-order valence-electron chi connectivity index (χ0n) is 17.5. The van der Waals surface area contributed by atoms with Gasteiger partial charge in [-0.15, -0.1) is 5.10 Å². The molecule has 4 rings (SSSR count). The Balaban J connectivity index is 1.46. The maximum Gasteiger partial charge on any atom is 0.278 e. The van der Waals surface area contributed by atoms with E-state index < -0.39 is 0 Å². The molecule has 0 atom stereocenters. The van der Waals surface area contributed by atoms with Crippen molar-refractivity contribution < 1.29 is 9.53 Å². The number of amides is 1. The van der Waals surface area contributed by atoms with E-state index in [4.69, 9.17) is 4.74 Å². The van der Waals surface area contributed by atoms with Gasteiger partial charge in [0.1, 0.15) is 5.75 Å². The zero-order valence-corrected chi connectivity index (χ0v) is 17.5. The molecule has 1 saturated heterocycles. The Kier molecular flexibility index (Phi) is 5.67. The summed E-state index contributed by atoms with van der Waals surface area (Å²) in [7, 11) is 3.75. The number of carbonyl (C=O) groups excluding carboxylic acids is 1. The molecule has 1 aliphatic rings. The van der Waals surface area contributed by atoms with Gasteiger partial charge in [0.15, 0.2) is 5.69 Å². The Morgan fingerprint density at radius 3 is 2.47 bits per heavy atom. The highest BCUT2D eigenvalue weighted by Crippen LogP contribution is 2.21. The number of carbonyl (C=O) groups is 1. The highest BCUT2D eigenvalue weighted by atomic mass is 16.5. The maximum atomic E-state index is 12.8. The Morgan fingerprint density at radius 1 is 1.03 bits per heavy atom. The minimum Gasteiger partial charge on any atom is -0.497 e. The van der Waals surface area contributed by atoms with Crippen molar-refractivity contribution >= 4 is 17.3 Å². The molecule has 30 heavy (non-hydrogen) atoms. The van der Waals surface area contributed by atoms with Crippen molar-refractivity contribution in [1.29, 1.82) is 0 Å². The summed E-state index contributed by atoms with van der Waals surface area (Å²) in [4.78, 5) is 17.4. The molecule has 8 nitrogen and oxygen atoms in total. The van der Waals surface area contributed by atoms with Gasteiger partial charge < -0.3 is 19.9 Å². The minimum atomic E-state index is -0.283. The van der Waals surface area contributed by atoms with Crippen LogP contribution in [0.3, 0.4) is 0 Å². The molecule has 0 radical (unpaired) electrons. The lowest BCUT2D eigenvalue weighted by Crippen LogP contribution is -2.44. The number of nitrogens with one attached hydrogen (secondary N) is 1. The van der Waals surface area contributed by atoms with Crippen LogP contribution in [0, 0.1) is 6.92 Å². The van der Waals surface area contributed by atoms with Crippen LogP contribution in [-0.4, -0.2) is 66.1 Å². The average Bonchev–Trinajstić information content (AvgIpc) is 3.16. The summed E-state index contributed by atoms with van der Waals surface area (Å²) in [6.07, 6.45) is 0. The second-order valence-electron chi connectivity index (χ2n) is 7.43. The molecule has 0 saturated carbocycles. The molecule has 1 aliphatic heterocycles. The number of methoxy groups -OCH3 is 1. The van der Waals surface area contributed by atoms with E-state index in [1.807, 2.05) is 55.5 Å². The van der Waals surface area contributed by atoms with Crippen molar-refractivity contribution in [2.45, 2.75) is 6.92 Å². The summed E-state index contributed by atoms with van der Waals surface area (Å²) in [5.74, 6) is 0.433. The largest absolute Gasteiger partial charge is 0.497 e. The predicted octanol–water partition coefficient (Wildman–Crippen LogP) is 2.59. The number of hydrogen-bond acceptors (Lipinski definition) is 6. The van der Waals surface area contributed by atoms with E-state index in [1.54, 1.807) is 11.8 Å². The van der Waals surface area contributed by atoms with Gasteiger partial charge in [-0.2, -0.15) is 0 Å². The summed E-state index contributed by atoms with van der Waals surface area (Å²) in [5, 5.41) is 11.2. The van der Waals surface area contributed by atoms with Crippen molar-refractivity contribution in [2.75, 3.05) is 50.6 Å². The second-order valence-corrected chi connectivity index (χ2v) is 7.43. The molecule has 1 amide bonds. The fourth-order valence-corrected chi connectivity index (χ4v) is 3.54. The molecular formula is C22H26N6O2. The van der Waals surface area contributed by atoms with Gasteiger partial charge in [-0.05, 0) is 50.4 Å². The summed E-state index contributed by atoms with van der Waals surface area (Å²) < 4.78 is 6.89. The third kappa shape index (κ3) is 4.13. The van der Waals surface area contributed by atoms with Gasteiger partial charge in [-0.1, -0.05) is 11.3 Å². The van der Waals surface area contributed by atoms with Crippen LogP contribution in [0.1, 0.15) is 16.2 Å². The molecule has 0 unspecified atom stereocenters. The van der Waals surface area contributed by atoms with Crippen molar-refractivity contribution in [1.82, 2.24) is 19.9 Å². The molecule has 2 heterocycles. The third-order valence-corrected chi connectivity index (χ3v) is 5.40. The molecule has 1 N–H and O–H groups in total. The fourth-order valence-electron chi connectivity index (χ4n) is 3.54. The average molecular weight is 406 g/mol. The van der Waals surface area contributed by atoms with Crippen molar-refractivity contribution in [2.24, 2.45) is 0 Å². The molecule has 156 valence electrons. The van der Waals surface area contributed by atoms with Crippen LogP contribution in [0.5, 0.6) is 5.75 Å². The number of likely N-dealkylation sites (N-methyl/N-ethyl adjacent to an activating group) is 1. The number of benzene rings is 2. The van der Waals surface area contributed by atoms with Gasteiger partial charge in [0.05, 0.1) is 18.5 Å². The molecule has 1 fully saturated rings. The minimum absolute atomic E-state index is 0.283. The van der Waals surface area contributed by atoms with Crippen molar-refractivity contribution in [3.05, 3.63) is 59.9 Å². The van der Waals surface area contributed by atoms with Crippen molar-refractivity contribution in [3.8, 4) is 11.4 Å². The van der Waals surface area contributed by atoms with E-state index in [2.05, 4.69) is 32.5 Å². The number of ether oxygens (including phenoxy) is 1. The first-order chi connectivity index (χ1) is 14.5. The van der Waals surface area contributed by atoms with Gasteiger partial charge in [0.25, 0.3) is 5.91 Å². The van der Waals surface area contributed by atoms with Gasteiger partial charge in [0.2, 0.25) is 0 Å². The van der Waals surface area contributed by atoms with E-state index in [0.717, 1.165) is 37.6 Å². The van der Waals surface area contributed by atoms with Gasteiger partial charge >= 0.3 is 0 Å². The first-order valence-electron chi connectivity index (χ1n) is 9.97. The Bertz CT molecular complexity index is 1020. The number of hydrogen-bond donors (Lipinski definition) is 1. The lowest BCUT2D eigenvalue weighted by atomic mass is 10.2. The smallest absolute Gasteiger partial charge is 0.278 e. The standard InChI is InChI=1S/C22H26N6O2/c1-16-21(24-25-28(16)19-5-4-6-20(15-19)30-3)22(29)23-17-7-9-18(10-8-17)27-13-11-26(2)12-14-27/h4-10,15H,11-14H2,1-3H3,(H,23,29).